The molecule has 0 radical (unpaired) electrons. The second kappa shape index (κ2) is 6.72. The van der Waals surface area contributed by atoms with E-state index < -0.39 is 0 Å². The molecule has 4 rings (SSSR count). The predicted octanol–water partition coefficient (Wildman–Crippen LogP) is 3.91. The highest BCUT2D eigenvalue weighted by Crippen LogP contribution is 2.33. The van der Waals surface area contributed by atoms with Crippen LogP contribution in [0.15, 0.2) is 54.6 Å². The lowest BCUT2D eigenvalue weighted by Crippen LogP contribution is -2.20. The van der Waals surface area contributed by atoms with Gasteiger partial charge in [-0.3, -0.25) is 10.1 Å². The molecule has 0 saturated heterocycles. The Morgan fingerprint density at radius 3 is 2.30 bits per heavy atom. The summed E-state index contributed by atoms with van der Waals surface area (Å²) in [6.45, 7) is 5.58. The Kier molecular flexibility index (Phi) is 4.24. The van der Waals surface area contributed by atoms with Crippen LogP contribution in [-0.2, 0) is 4.79 Å². The van der Waals surface area contributed by atoms with Crippen LogP contribution in [0.25, 0.3) is 5.70 Å². The van der Waals surface area contributed by atoms with Gasteiger partial charge in [0, 0.05) is 12.6 Å². The maximum absolute atomic E-state index is 11.4. The van der Waals surface area contributed by atoms with E-state index in [4.69, 9.17) is 0 Å². The first-order chi connectivity index (χ1) is 13.0. The molecule has 1 aliphatic rings. The highest BCUT2D eigenvalue weighted by atomic mass is 16.1. The second-order valence-corrected chi connectivity index (χ2v) is 6.81. The summed E-state index contributed by atoms with van der Waals surface area (Å²) >= 11 is 0. The molecule has 0 unspecified atom stereocenters. The number of fused-ring (bicyclic) bond motifs is 1. The normalized spacial score (nSPS) is 15.5. The van der Waals surface area contributed by atoms with Crippen LogP contribution in [0.2, 0.25) is 0 Å². The summed E-state index contributed by atoms with van der Waals surface area (Å²) in [5.41, 5.74) is 5.56. The number of aromatic nitrogens is 3. The van der Waals surface area contributed by atoms with Crippen molar-refractivity contribution in [3.63, 3.8) is 0 Å². The first-order valence-corrected chi connectivity index (χ1v) is 8.86. The Balaban J connectivity index is 1.79. The third-order valence-electron chi connectivity index (χ3n) is 4.54. The van der Waals surface area contributed by atoms with E-state index in [9.17, 15) is 4.79 Å². The summed E-state index contributed by atoms with van der Waals surface area (Å²) in [6, 6.07) is 16.6. The SMILES string of the molecule is CC(=O)Nc1nc2n(n1)[C@H](c1ccc(C)cc1)C=C(c1ccc(C)cc1)N2. The highest BCUT2D eigenvalue weighted by molar-refractivity contribution is 5.87. The predicted molar refractivity (Wildman–Crippen MR) is 106 cm³/mol. The Morgan fingerprint density at radius 1 is 1.04 bits per heavy atom. The summed E-state index contributed by atoms with van der Waals surface area (Å²) < 4.78 is 1.80. The van der Waals surface area contributed by atoms with Gasteiger partial charge in [-0.2, -0.15) is 4.98 Å². The number of hydrogen-bond acceptors (Lipinski definition) is 4. The number of rotatable bonds is 3. The minimum absolute atomic E-state index is 0.117. The van der Waals surface area contributed by atoms with E-state index >= 15 is 0 Å². The Labute approximate surface area is 157 Å². The number of benzene rings is 2. The van der Waals surface area contributed by atoms with E-state index in [2.05, 4.69) is 89.2 Å². The number of allylic oxidation sites excluding steroid dienone is 1. The Hall–Kier alpha value is -3.41. The molecule has 27 heavy (non-hydrogen) atoms. The number of carbonyl (C=O) groups is 1. The van der Waals surface area contributed by atoms with Crippen LogP contribution in [0, 0.1) is 13.8 Å². The number of carbonyl (C=O) groups excluding carboxylic acids is 1. The Morgan fingerprint density at radius 2 is 1.67 bits per heavy atom. The number of hydrogen-bond donors (Lipinski definition) is 2. The van der Waals surface area contributed by atoms with E-state index in [1.54, 1.807) is 4.68 Å². The summed E-state index contributed by atoms with van der Waals surface area (Å²) in [5, 5.41) is 10.5. The largest absolute Gasteiger partial charge is 0.324 e. The van der Waals surface area contributed by atoms with Gasteiger partial charge in [-0.1, -0.05) is 59.7 Å². The van der Waals surface area contributed by atoms with Gasteiger partial charge >= 0.3 is 0 Å². The molecule has 2 N–H and O–H groups in total. The summed E-state index contributed by atoms with van der Waals surface area (Å²) in [5.74, 6) is 0.694. The van der Waals surface area contributed by atoms with Gasteiger partial charge < -0.3 is 5.32 Å². The van der Waals surface area contributed by atoms with Crippen molar-refractivity contribution in [3.8, 4) is 0 Å². The van der Waals surface area contributed by atoms with Crippen molar-refractivity contribution in [2.75, 3.05) is 10.6 Å². The van der Waals surface area contributed by atoms with Crippen LogP contribution in [-0.4, -0.2) is 20.7 Å². The van der Waals surface area contributed by atoms with Gasteiger partial charge in [0.15, 0.2) is 0 Å². The lowest BCUT2D eigenvalue weighted by atomic mass is 10.0. The lowest BCUT2D eigenvalue weighted by Gasteiger charge is -2.24. The molecule has 6 heteroatoms. The van der Waals surface area contributed by atoms with Crippen LogP contribution >= 0.6 is 0 Å². The molecule has 1 aromatic heterocycles. The molecule has 0 aliphatic carbocycles. The number of nitrogens with one attached hydrogen (secondary N) is 2. The molecule has 0 saturated carbocycles. The van der Waals surface area contributed by atoms with Crippen molar-refractivity contribution in [1.29, 1.82) is 0 Å². The first kappa shape index (κ1) is 17.0. The van der Waals surface area contributed by atoms with Gasteiger partial charge in [0.2, 0.25) is 11.9 Å². The van der Waals surface area contributed by atoms with Crippen LogP contribution < -0.4 is 10.6 Å². The van der Waals surface area contributed by atoms with E-state index in [1.165, 1.54) is 18.1 Å². The van der Waals surface area contributed by atoms with Crippen molar-refractivity contribution >= 4 is 23.5 Å². The first-order valence-electron chi connectivity index (χ1n) is 8.86. The zero-order chi connectivity index (χ0) is 19.0. The zero-order valence-electron chi connectivity index (χ0n) is 15.5. The van der Waals surface area contributed by atoms with Crippen LogP contribution in [0.3, 0.4) is 0 Å². The highest BCUT2D eigenvalue weighted by Gasteiger charge is 2.25. The molecule has 0 bridgehead atoms. The fourth-order valence-corrected chi connectivity index (χ4v) is 3.11. The standard InChI is InChI=1S/C21H21N5O/c1-13-4-8-16(9-5-13)18-12-19(17-10-6-14(2)7-11-17)26-21(23-18)24-20(25-26)22-15(3)27/h4-12,19H,1-3H3,(H2,22,23,24,25,27)/t19-/m0/s1. The van der Waals surface area contributed by atoms with Gasteiger partial charge in [0.1, 0.15) is 6.04 Å². The maximum atomic E-state index is 11.4. The molecule has 1 amide bonds. The van der Waals surface area contributed by atoms with Crippen LogP contribution in [0.4, 0.5) is 11.9 Å². The van der Waals surface area contributed by atoms with E-state index in [0.717, 1.165) is 16.8 Å². The van der Waals surface area contributed by atoms with Gasteiger partial charge in [-0.05, 0) is 31.1 Å². The monoisotopic (exact) mass is 359 g/mol. The summed E-state index contributed by atoms with van der Waals surface area (Å²) in [4.78, 5) is 15.8. The molecule has 2 heterocycles. The molecule has 6 nitrogen and oxygen atoms in total. The quantitative estimate of drug-likeness (QED) is 0.744. The molecule has 3 aromatic rings. The van der Waals surface area contributed by atoms with Gasteiger partial charge in [-0.25, -0.2) is 4.68 Å². The van der Waals surface area contributed by atoms with Crippen LogP contribution in [0.1, 0.15) is 35.2 Å². The number of amides is 1. The van der Waals surface area contributed by atoms with Crippen molar-refractivity contribution in [2.24, 2.45) is 0 Å². The second-order valence-electron chi connectivity index (χ2n) is 6.81. The Bertz CT molecular complexity index is 1020. The number of nitrogens with zero attached hydrogens (tertiary/aromatic N) is 3. The molecular formula is C21H21N5O. The third kappa shape index (κ3) is 3.46. The fourth-order valence-electron chi connectivity index (χ4n) is 3.11. The number of aryl methyl sites for hydroxylation is 2. The summed E-state index contributed by atoms with van der Waals surface area (Å²) in [7, 11) is 0. The smallest absolute Gasteiger partial charge is 0.250 e. The average molecular weight is 359 g/mol. The zero-order valence-corrected chi connectivity index (χ0v) is 15.5. The van der Waals surface area contributed by atoms with E-state index in [0.29, 0.717) is 11.9 Å². The van der Waals surface area contributed by atoms with Crippen molar-refractivity contribution in [3.05, 3.63) is 76.9 Å². The van der Waals surface area contributed by atoms with Crippen LogP contribution in [0.5, 0.6) is 0 Å². The molecule has 0 spiro atoms. The third-order valence-corrected chi connectivity index (χ3v) is 4.54. The molecule has 2 aromatic carbocycles. The molecule has 1 atom stereocenters. The minimum atomic E-state index is -0.198. The topological polar surface area (TPSA) is 71.8 Å². The summed E-state index contributed by atoms with van der Waals surface area (Å²) in [6.07, 6.45) is 2.13. The van der Waals surface area contributed by atoms with Crippen molar-refractivity contribution in [1.82, 2.24) is 14.8 Å². The van der Waals surface area contributed by atoms with Crippen molar-refractivity contribution in [2.45, 2.75) is 26.8 Å². The molecular weight excluding hydrogens is 338 g/mol. The fraction of sp³-hybridized carbons (Fsp3) is 0.190. The number of anilines is 2. The molecule has 0 fully saturated rings. The van der Waals surface area contributed by atoms with Crippen molar-refractivity contribution < 1.29 is 4.79 Å². The van der Waals surface area contributed by atoms with E-state index in [-0.39, 0.29) is 11.9 Å². The molecule has 1 aliphatic heterocycles. The lowest BCUT2D eigenvalue weighted by molar-refractivity contribution is -0.114. The van der Waals surface area contributed by atoms with Gasteiger partial charge in [0.25, 0.3) is 5.95 Å². The van der Waals surface area contributed by atoms with Gasteiger partial charge in [-0.15, -0.1) is 5.10 Å². The minimum Gasteiger partial charge on any atom is -0.324 e. The van der Waals surface area contributed by atoms with E-state index in [1.807, 2.05) is 0 Å². The average Bonchev–Trinajstić information content (AvgIpc) is 3.03. The molecule has 136 valence electrons. The maximum Gasteiger partial charge on any atom is 0.250 e. The van der Waals surface area contributed by atoms with Gasteiger partial charge in [0.05, 0.1) is 0 Å².